The Hall–Kier alpha value is -3.99. The van der Waals surface area contributed by atoms with Crippen LogP contribution in [-0.2, 0) is 6.54 Å². The fourth-order valence-corrected chi connectivity index (χ4v) is 4.17. The Morgan fingerprint density at radius 1 is 1.06 bits per heavy atom. The van der Waals surface area contributed by atoms with E-state index in [2.05, 4.69) is 55.3 Å². The van der Waals surface area contributed by atoms with Crippen LogP contribution in [0.15, 0.2) is 61.2 Å². The molecule has 170 valence electrons. The topological polar surface area (TPSA) is 83.9 Å². The second kappa shape index (κ2) is 9.87. The number of rotatable bonds is 6. The molecule has 0 bridgehead atoms. The van der Waals surface area contributed by atoms with Crippen molar-refractivity contribution in [3.8, 4) is 6.07 Å². The molecule has 4 aromatic rings. The number of H-pyrrole nitrogens is 1. The minimum absolute atomic E-state index is 0.492. The molecule has 3 aromatic heterocycles. The molecule has 5 rings (SSSR count). The summed E-state index contributed by atoms with van der Waals surface area (Å²) in [5.74, 6) is 0. The van der Waals surface area contributed by atoms with E-state index in [4.69, 9.17) is 0 Å². The van der Waals surface area contributed by atoms with Gasteiger partial charge in [0.05, 0.1) is 16.9 Å². The van der Waals surface area contributed by atoms with Crippen molar-refractivity contribution in [2.45, 2.75) is 6.54 Å². The van der Waals surface area contributed by atoms with Crippen molar-refractivity contribution in [1.82, 2.24) is 24.8 Å². The van der Waals surface area contributed by atoms with E-state index in [1.165, 1.54) is 5.56 Å². The number of pyridine rings is 2. The van der Waals surface area contributed by atoms with E-state index in [-0.39, 0.29) is 0 Å². The summed E-state index contributed by atoms with van der Waals surface area (Å²) in [5.41, 5.74) is 6.12. The zero-order valence-electron chi connectivity index (χ0n) is 19.2. The van der Waals surface area contributed by atoms with Gasteiger partial charge in [-0.1, -0.05) is 6.07 Å². The van der Waals surface area contributed by atoms with Gasteiger partial charge >= 0.3 is 0 Å². The van der Waals surface area contributed by atoms with Crippen LogP contribution in [0.25, 0.3) is 23.1 Å². The lowest BCUT2D eigenvalue weighted by atomic mass is 10.1. The van der Waals surface area contributed by atoms with E-state index < -0.39 is 0 Å². The lowest BCUT2D eigenvalue weighted by molar-refractivity contribution is 0.148. The van der Waals surface area contributed by atoms with Gasteiger partial charge in [0, 0.05) is 79.7 Å². The maximum absolute atomic E-state index is 9.65. The van der Waals surface area contributed by atoms with Crippen LogP contribution in [0.1, 0.15) is 22.4 Å². The number of benzene rings is 1. The second-order valence-corrected chi connectivity index (χ2v) is 8.67. The average molecular weight is 450 g/mol. The summed E-state index contributed by atoms with van der Waals surface area (Å²) < 4.78 is 0. The normalized spacial score (nSPS) is 15.1. The summed E-state index contributed by atoms with van der Waals surface area (Å²) in [4.78, 5) is 16.9. The first-order chi connectivity index (χ1) is 16.7. The Labute approximate surface area is 199 Å². The highest BCUT2D eigenvalue weighted by atomic mass is 15.2. The monoisotopic (exact) mass is 449 g/mol. The highest BCUT2D eigenvalue weighted by Crippen LogP contribution is 2.27. The van der Waals surface area contributed by atoms with Crippen LogP contribution < -0.4 is 5.32 Å². The average Bonchev–Trinajstić information content (AvgIpc) is 3.33. The molecule has 0 aliphatic carbocycles. The molecule has 1 saturated heterocycles. The predicted molar refractivity (Wildman–Crippen MR) is 136 cm³/mol. The van der Waals surface area contributed by atoms with E-state index in [1.807, 2.05) is 48.8 Å². The Morgan fingerprint density at radius 3 is 2.74 bits per heavy atom. The van der Waals surface area contributed by atoms with Gasteiger partial charge in [-0.05, 0) is 55.1 Å². The van der Waals surface area contributed by atoms with Gasteiger partial charge in [-0.25, -0.2) is 0 Å². The molecule has 0 radical (unpaired) electrons. The van der Waals surface area contributed by atoms with Crippen LogP contribution in [0.4, 0.5) is 11.4 Å². The molecule has 0 spiro atoms. The molecule has 7 heteroatoms. The minimum atomic E-state index is 0.492. The van der Waals surface area contributed by atoms with Crippen LogP contribution in [0.3, 0.4) is 0 Å². The smallest absolute Gasteiger partial charge is 0.103 e. The molecular formula is C27H27N7. The number of piperazine rings is 1. The van der Waals surface area contributed by atoms with Gasteiger partial charge in [-0.3, -0.25) is 14.9 Å². The Morgan fingerprint density at radius 2 is 1.94 bits per heavy atom. The standard InChI is InChI=1S/C27H27N7/c1-33-10-12-34(13-11-33)19-20-2-4-24(31-16-20)5-3-22-17-29-18-23(15-28)27(22)32-25-6-7-26-21(14-25)8-9-30-26/h2-9,14,16-18,30H,10-13,19H2,1H3,(H,29,32)/b5-3+. The molecule has 1 aromatic carbocycles. The third kappa shape index (κ3) is 4.99. The molecule has 4 heterocycles. The van der Waals surface area contributed by atoms with Crippen molar-refractivity contribution in [1.29, 1.82) is 5.26 Å². The highest BCUT2D eigenvalue weighted by Gasteiger charge is 2.14. The number of likely N-dealkylation sites (N-methyl/N-ethyl adjacent to an activating group) is 1. The van der Waals surface area contributed by atoms with Gasteiger partial charge in [0.1, 0.15) is 6.07 Å². The van der Waals surface area contributed by atoms with Crippen molar-refractivity contribution < 1.29 is 0 Å². The van der Waals surface area contributed by atoms with Crippen molar-refractivity contribution in [2.75, 3.05) is 38.5 Å². The van der Waals surface area contributed by atoms with Gasteiger partial charge in [-0.15, -0.1) is 0 Å². The molecule has 34 heavy (non-hydrogen) atoms. The fraction of sp³-hybridized carbons (Fsp3) is 0.222. The molecule has 0 saturated carbocycles. The van der Waals surface area contributed by atoms with Gasteiger partial charge in [-0.2, -0.15) is 5.26 Å². The van der Waals surface area contributed by atoms with E-state index >= 15 is 0 Å². The fourth-order valence-electron chi connectivity index (χ4n) is 4.17. The van der Waals surface area contributed by atoms with Gasteiger partial charge in [0.25, 0.3) is 0 Å². The first-order valence-corrected chi connectivity index (χ1v) is 11.4. The molecular weight excluding hydrogens is 422 g/mol. The number of aromatic amines is 1. The Bertz CT molecular complexity index is 1340. The number of hydrogen-bond acceptors (Lipinski definition) is 6. The van der Waals surface area contributed by atoms with Crippen molar-refractivity contribution >= 4 is 34.4 Å². The summed E-state index contributed by atoms with van der Waals surface area (Å²) in [6.45, 7) is 5.33. The van der Waals surface area contributed by atoms with E-state index in [0.29, 0.717) is 5.56 Å². The zero-order chi connectivity index (χ0) is 23.3. The summed E-state index contributed by atoms with van der Waals surface area (Å²) in [6.07, 6.45) is 11.1. The van der Waals surface area contributed by atoms with E-state index in [9.17, 15) is 5.26 Å². The number of anilines is 2. The van der Waals surface area contributed by atoms with Gasteiger partial charge in [0.15, 0.2) is 0 Å². The number of nitrogens with zero attached hydrogens (tertiary/aromatic N) is 5. The SMILES string of the molecule is CN1CCN(Cc2ccc(/C=C/c3cncc(C#N)c3Nc3ccc4[nH]ccc4c3)nc2)CC1. The zero-order valence-corrected chi connectivity index (χ0v) is 19.2. The molecule has 1 fully saturated rings. The summed E-state index contributed by atoms with van der Waals surface area (Å²) in [6, 6.07) is 14.5. The lowest BCUT2D eigenvalue weighted by Crippen LogP contribution is -2.43. The number of aromatic nitrogens is 3. The van der Waals surface area contributed by atoms with Crippen LogP contribution in [0.5, 0.6) is 0 Å². The van der Waals surface area contributed by atoms with Crippen molar-refractivity contribution in [2.24, 2.45) is 0 Å². The van der Waals surface area contributed by atoms with E-state index in [0.717, 1.165) is 66.3 Å². The Balaban J connectivity index is 1.32. The molecule has 0 unspecified atom stereocenters. The molecule has 2 N–H and O–H groups in total. The largest absolute Gasteiger partial charge is 0.361 e. The van der Waals surface area contributed by atoms with Gasteiger partial charge < -0.3 is 15.2 Å². The Kier molecular flexibility index (Phi) is 6.34. The van der Waals surface area contributed by atoms with Crippen LogP contribution >= 0.6 is 0 Å². The number of fused-ring (bicyclic) bond motifs is 1. The van der Waals surface area contributed by atoms with Gasteiger partial charge in [0.2, 0.25) is 0 Å². The summed E-state index contributed by atoms with van der Waals surface area (Å²) >= 11 is 0. The first kappa shape index (κ1) is 21.8. The van der Waals surface area contributed by atoms with Crippen molar-refractivity contribution in [3.05, 3.63) is 83.6 Å². The number of hydrogen-bond donors (Lipinski definition) is 2. The molecule has 7 nitrogen and oxygen atoms in total. The lowest BCUT2D eigenvalue weighted by Gasteiger charge is -2.32. The maximum atomic E-state index is 9.65. The third-order valence-electron chi connectivity index (χ3n) is 6.20. The minimum Gasteiger partial charge on any atom is -0.361 e. The van der Waals surface area contributed by atoms with Crippen LogP contribution in [-0.4, -0.2) is 58.0 Å². The third-order valence-corrected chi connectivity index (χ3v) is 6.20. The molecule has 0 amide bonds. The maximum Gasteiger partial charge on any atom is 0.103 e. The number of nitrogens with one attached hydrogen (secondary N) is 2. The van der Waals surface area contributed by atoms with Crippen LogP contribution in [0.2, 0.25) is 0 Å². The second-order valence-electron chi connectivity index (χ2n) is 8.67. The predicted octanol–water partition coefficient (Wildman–Crippen LogP) is 4.49. The van der Waals surface area contributed by atoms with Crippen LogP contribution in [0, 0.1) is 11.3 Å². The van der Waals surface area contributed by atoms with E-state index in [1.54, 1.807) is 12.4 Å². The molecule has 0 atom stereocenters. The summed E-state index contributed by atoms with van der Waals surface area (Å²) in [5, 5.41) is 14.2. The quantitative estimate of drug-likeness (QED) is 0.451. The summed E-state index contributed by atoms with van der Waals surface area (Å²) in [7, 11) is 2.17. The van der Waals surface area contributed by atoms with Crippen molar-refractivity contribution in [3.63, 3.8) is 0 Å². The molecule has 1 aliphatic heterocycles. The molecule has 1 aliphatic rings. The highest BCUT2D eigenvalue weighted by molar-refractivity contribution is 5.86. The first-order valence-electron chi connectivity index (χ1n) is 11.4. The number of nitriles is 1.